The average molecular weight is 281 g/mol. The van der Waals surface area contributed by atoms with Gasteiger partial charge in [-0.05, 0) is 31.2 Å². The fourth-order valence-corrected chi connectivity index (χ4v) is 2.04. The fraction of sp³-hybridized carbons (Fsp3) is 0.385. The molecule has 19 heavy (non-hydrogen) atoms. The molecule has 0 fully saturated rings. The lowest BCUT2D eigenvalue weighted by Gasteiger charge is -2.09. The topological polar surface area (TPSA) is 62.8 Å². The summed E-state index contributed by atoms with van der Waals surface area (Å²) in [6, 6.07) is 5.63. The van der Waals surface area contributed by atoms with Crippen LogP contribution in [-0.2, 0) is 13.0 Å². The molecule has 0 atom stereocenters. The maximum atomic E-state index is 5.98. The highest BCUT2D eigenvalue weighted by Gasteiger charge is 2.03. The molecule has 6 heteroatoms. The third-order valence-corrected chi connectivity index (χ3v) is 3.03. The Balaban J connectivity index is 1.74. The van der Waals surface area contributed by atoms with E-state index in [9.17, 15) is 0 Å². The number of aromatic nitrogens is 3. The Labute approximate surface area is 117 Å². The standard InChI is InChI=1S/C13H17ClN4O/c1-19-12-5-4-11(14)7-10(12)8-15-6-2-3-13-16-9-17-18-13/h4-5,7,9,15H,2-3,6,8H2,1H3,(H,16,17,18). The molecule has 2 aromatic rings. The van der Waals surface area contributed by atoms with Crippen LogP contribution in [0.2, 0.25) is 5.02 Å². The lowest BCUT2D eigenvalue weighted by molar-refractivity contribution is 0.407. The summed E-state index contributed by atoms with van der Waals surface area (Å²) in [6.45, 7) is 1.64. The Morgan fingerprint density at radius 3 is 3.05 bits per heavy atom. The molecule has 1 heterocycles. The molecule has 0 amide bonds. The molecule has 0 spiro atoms. The van der Waals surface area contributed by atoms with Crippen LogP contribution in [0.4, 0.5) is 0 Å². The zero-order valence-electron chi connectivity index (χ0n) is 10.8. The summed E-state index contributed by atoms with van der Waals surface area (Å²) in [5.74, 6) is 1.77. The van der Waals surface area contributed by atoms with Crippen LogP contribution in [0.25, 0.3) is 0 Å². The van der Waals surface area contributed by atoms with Crippen LogP contribution in [0.3, 0.4) is 0 Å². The van der Waals surface area contributed by atoms with Gasteiger partial charge in [0.1, 0.15) is 17.9 Å². The Bertz CT molecular complexity index is 501. The minimum absolute atomic E-state index is 0.722. The van der Waals surface area contributed by atoms with Crippen molar-refractivity contribution in [3.8, 4) is 5.75 Å². The molecule has 0 aliphatic heterocycles. The van der Waals surface area contributed by atoms with Crippen LogP contribution < -0.4 is 10.1 Å². The van der Waals surface area contributed by atoms with E-state index in [1.54, 1.807) is 7.11 Å². The molecule has 102 valence electrons. The quantitative estimate of drug-likeness (QED) is 0.763. The molecule has 0 aliphatic carbocycles. The number of aryl methyl sites for hydroxylation is 1. The van der Waals surface area contributed by atoms with Crippen molar-refractivity contribution >= 4 is 11.6 Å². The summed E-state index contributed by atoms with van der Waals surface area (Å²) < 4.78 is 5.29. The van der Waals surface area contributed by atoms with E-state index in [-0.39, 0.29) is 0 Å². The van der Waals surface area contributed by atoms with Gasteiger partial charge in [0.05, 0.1) is 7.11 Å². The Kier molecular flexibility index (Phi) is 5.18. The molecular formula is C13H17ClN4O. The number of nitrogens with one attached hydrogen (secondary N) is 2. The van der Waals surface area contributed by atoms with Gasteiger partial charge in [-0.25, -0.2) is 4.98 Å². The van der Waals surface area contributed by atoms with Crippen molar-refractivity contribution in [1.29, 1.82) is 0 Å². The SMILES string of the molecule is COc1ccc(Cl)cc1CNCCCc1ncn[nH]1. The van der Waals surface area contributed by atoms with E-state index in [0.29, 0.717) is 0 Å². The first kappa shape index (κ1) is 13.8. The van der Waals surface area contributed by atoms with E-state index in [2.05, 4.69) is 20.5 Å². The van der Waals surface area contributed by atoms with Crippen LogP contribution in [0.15, 0.2) is 24.5 Å². The normalized spacial score (nSPS) is 10.6. The van der Waals surface area contributed by atoms with Crippen molar-refractivity contribution in [3.63, 3.8) is 0 Å². The number of hydrogen-bond acceptors (Lipinski definition) is 4. The monoisotopic (exact) mass is 280 g/mol. The van der Waals surface area contributed by atoms with Crippen LogP contribution in [0, 0.1) is 0 Å². The second-order valence-electron chi connectivity index (χ2n) is 4.17. The van der Waals surface area contributed by atoms with Gasteiger partial charge in [0.25, 0.3) is 0 Å². The lowest BCUT2D eigenvalue weighted by atomic mass is 10.2. The smallest absolute Gasteiger partial charge is 0.137 e. The summed E-state index contributed by atoms with van der Waals surface area (Å²) in [6.07, 6.45) is 3.41. The number of H-pyrrole nitrogens is 1. The summed E-state index contributed by atoms with van der Waals surface area (Å²) in [7, 11) is 1.66. The van der Waals surface area contributed by atoms with Crippen molar-refractivity contribution < 1.29 is 4.74 Å². The number of aromatic amines is 1. The minimum Gasteiger partial charge on any atom is -0.496 e. The molecule has 1 aromatic heterocycles. The number of benzene rings is 1. The van der Waals surface area contributed by atoms with Gasteiger partial charge in [-0.3, -0.25) is 5.10 Å². The molecule has 0 saturated carbocycles. The average Bonchev–Trinajstić information content (AvgIpc) is 2.92. The van der Waals surface area contributed by atoms with Crippen LogP contribution in [0.5, 0.6) is 5.75 Å². The van der Waals surface area contributed by atoms with Crippen LogP contribution in [-0.4, -0.2) is 28.8 Å². The van der Waals surface area contributed by atoms with Crippen LogP contribution in [0.1, 0.15) is 17.8 Å². The van der Waals surface area contributed by atoms with E-state index in [4.69, 9.17) is 16.3 Å². The Morgan fingerprint density at radius 2 is 2.32 bits per heavy atom. The zero-order chi connectivity index (χ0) is 13.5. The van der Waals surface area contributed by atoms with Crippen molar-refractivity contribution in [3.05, 3.63) is 40.9 Å². The van der Waals surface area contributed by atoms with Gasteiger partial charge in [0.2, 0.25) is 0 Å². The molecule has 2 N–H and O–H groups in total. The summed E-state index contributed by atoms with van der Waals surface area (Å²) in [4.78, 5) is 4.08. The van der Waals surface area contributed by atoms with Gasteiger partial charge in [0, 0.05) is 23.6 Å². The molecule has 5 nitrogen and oxygen atoms in total. The first-order valence-electron chi connectivity index (χ1n) is 6.17. The van der Waals surface area contributed by atoms with Gasteiger partial charge < -0.3 is 10.1 Å². The molecule has 0 bridgehead atoms. The Hall–Kier alpha value is -1.59. The van der Waals surface area contributed by atoms with E-state index >= 15 is 0 Å². The highest BCUT2D eigenvalue weighted by atomic mass is 35.5. The van der Waals surface area contributed by atoms with Gasteiger partial charge in [-0.15, -0.1) is 0 Å². The predicted octanol–water partition coefficient (Wildman–Crippen LogP) is 2.19. The van der Waals surface area contributed by atoms with Crippen LogP contribution >= 0.6 is 11.6 Å². The minimum atomic E-state index is 0.722. The van der Waals surface area contributed by atoms with E-state index in [1.165, 1.54) is 6.33 Å². The maximum absolute atomic E-state index is 5.98. The van der Waals surface area contributed by atoms with Gasteiger partial charge in [-0.1, -0.05) is 11.6 Å². The third-order valence-electron chi connectivity index (χ3n) is 2.79. The number of methoxy groups -OCH3 is 1. The third kappa shape index (κ3) is 4.22. The highest BCUT2D eigenvalue weighted by molar-refractivity contribution is 6.30. The molecule has 0 radical (unpaired) electrons. The molecular weight excluding hydrogens is 264 g/mol. The zero-order valence-corrected chi connectivity index (χ0v) is 11.6. The van der Waals surface area contributed by atoms with Crippen molar-refractivity contribution in [2.24, 2.45) is 0 Å². The molecule has 0 unspecified atom stereocenters. The van der Waals surface area contributed by atoms with Gasteiger partial charge in [0.15, 0.2) is 0 Å². The summed E-state index contributed by atoms with van der Waals surface area (Å²) >= 11 is 5.98. The first-order chi connectivity index (χ1) is 9.29. The molecule has 2 rings (SSSR count). The first-order valence-corrected chi connectivity index (χ1v) is 6.55. The number of hydrogen-bond donors (Lipinski definition) is 2. The largest absolute Gasteiger partial charge is 0.496 e. The van der Waals surface area contributed by atoms with E-state index in [1.807, 2.05) is 18.2 Å². The Morgan fingerprint density at radius 1 is 1.42 bits per heavy atom. The molecule has 1 aromatic carbocycles. The number of nitrogens with zero attached hydrogens (tertiary/aromatic N) is 2. The van der Waals surface area contributed by atoms with Crippen molar-refractivity contribution in [2.45, 2.75) is 19.4 Å². The molecule has 0 saturated heterocycles. The second kappa shape index (κ2) is 7.11. The maximum Gasteiger partial charge on any atom is 0.137 e. The number of rotatable bonds is 7. The predicted molar refractivity (Wildman–Crippen MR) is 74.4 cm³/mol. The fourth-order valence-electron chi connectivity index (χ4n) is 1.84. The summed E-state index contributed by atoms with van der Waals surface area (Å²) in [5.41, 5.74) is 1.06. The van der Waals surface area contributed by atoms with Crippen molar-refractivity contribution in [2.75, 3.05) is 13.7 Å². The lowest BCUT2D eigenvalue weighted by Crippen LogP contribution is -2.16. The van der Waals surface area contributed by atoms with E-state index < -0.39 is 0 Å². The van der Waals surface area contributed by atoms with Gasteiger partial charge in [-0.2, -0.15) is 5.10 Å². The van der Waals surface area contributed by atoms with E-state index in [0.717, 1.165) is 48.1 Å². The highest BCUT2D eigenvalue weighted by Crippen LogP contribution is 2.22. The molecule has 0 aliphatic rings. The number of ether oxygens (including phenoxy) is 1. The second-order valence-corrected chi connectivity index (χ2v) is 4.61. The van der Waals surface area contributed by atoms with Crippen molar-refractivity contribution in [1.82, 2.24) is 20.5 Å². The number of halogens is 1. The van der Waals surface area contributed by atoms with Gasteiger partial charge >= 0.3 is 0 Å². The summed E-state index contributed by atoms with van der Waals surface area (Å²) in [5, 5.41) is 10.7.